The van der Waals surface area contributed by atoms with Gasteiger partial charge in [0.1, 0.15) is 17.1 Å². The van der Waals surface area contributed by atoms with Gasteiger partial charge in [0, 0.05) is 6.07 Å². The van der Waals surface area contributed by atoms with Gasteiger partial charge in [-0.15, -0.1) is 0 Å². The zero-order valence-corrected chi connectivity index (χ0v) is 13.0. The van der Waals surface area contributed by atoms with E-state index >= 15 is 0 Å². The molecule has 0 spiro atoms. The van der Waals surface area contributed by atoms with Gasteiger partial charge in [0.05, 0.1) is 14.2 Å². The third-order valence-electron chi connectivity index (χ3n) is 3.87. The quantitative estimate of drug-likeness (QED) is 0.787. The number of phenols is 2. The number of ketones is 1. The number of aliphatic hydroxyl groups is 1. The lowest BCUT2D eigenvalue weighted by molar-refractivity contribution is 0.0209. The summed E-state index contributed by atoms with van der Waals surface area (Å²) in [6, 6.07) is 7.19. The van der Waals surface area contributed by atoms with Crippen molar-refractivity contribution in [2.45, 2.75) is 12.2 Å². The third kappa shape index (κ3) is 2.39. The van der Waals surface area contributed by atoms with Crippen molar-refractivity contribution < 1.29 is 34.3 Å². The van der Waals surface area contributed by atoms with Crippen LogP contribution in [0.15, 0.2) is 30.3 Å². The van der Waals surface area contributed by atoms with Crippen LogP contribution in [0.2, 0.25) is 0 Å². The predicted molar refractivity (Wildman–Crippen MR) is 83.0 cm³/mol. The first-order valence-electron chi connectivity index (χ1n) is 7.13. The number of aromatic hydroxyl groups is 2. The minimum absolute atomic E-state index is 0.000654. The molecule has 2 atom stereocenters. The number of rotatable bonds is 3. The number of carbonyl (C=O) groups excluding carboxylic acids is 1. The zero-order valence-electron chi connectivity index (χ0n) is 13.0. The van der Waals surface area contributed by atoms with Gasteiger partial charge in [-0.25, -0.2) is 0 Å². The minimum atomic E-state index is -1.47. The van der Waals surface area contributed by atoms with Crippen LogP contribution in [0.3, 0.4) is 0 Å². The van der Waals surface area contributed by atoms with Crippen LogP contribution in [0.25, 0.3) is 0 Å². The monoisotopic (exact) mass is 332 g/mol. The number of methoxy groups -OCH3 is 2. The van der Waals surface area contributed by atoms with E-state index in [1.165, 1.54) is 32.4 Å². The van der Waals surface area contributed by atoms with Crippen LogP contribution in [0, 0.1) is 0 Å². The zero-order chi connectivity index (χ0) is 17.4. The standard InChI is InChI=1S/C17H16O7/c1-22-16-10(19)7-11-12(17(16)23-2)13(20)14(21)15(24-11)8-3-5-9(18)6-4-8/h3-7,14-15,18-19,21H,1-2H3/t14-,15-/m0/s1. The summed E-state index contributed by atoms with van der Waals surface area (Å²) in [5.74, 6) is -0.728. The second-order valence-corrected chi connectivity index (χ2v) is 5.27. The fourth-order valence-corrected chi connectivity index (χ4v) is 2.72. The molecule has 0 radical (unpaired) electrons. The largest absolute Gasteiger partial charge is 0.508 e. The van der Waals surface area contributed by atoms with Crippen molar-refractivity contribution in [3.63, 3.8) is 0 Å². The van der Waals surface area contributed by atoms with E-state index in [2.05, 4.69) is 0 Å². The molecule has 2 aromatic rings. The van der Waals surface area contributed by atoms with Crippen LogP contribution in [0.4, 0.5) is 0 Å². The summed E-state index contributed by atoms with van der Waals surface area (Å²) in [5.41, 5.74) is 0.517. The van der Waals surface area contributed by atoms with Gasteiger partial charge in [0.15, 0.2) is 23.7 Å². The SMILES string of the molecule is COc1c(O)cc2c(c1OC)C(=O)[C@H](O)[C@H](c1ccc(O)cc1)O2. The van der Waals surface area contributed by atoms with Crippen molar-refractivity contribution in [2.75, 3.05) is 14.2 Å². The minimum Gasteiger partial charge on any atom is -0.508 e. The van der Waals surface area contributed by atoms with Crippen LogP contribution < -0.4 is 14.2 Å². The summed E-state index contributed by atoms with van der Waals surface area (Å²) >= 11 is 0. The van der Waals surface area contributed by atoms with Crippen molar-refractivity contribution in [3.05, 3.63) is 41.5 Å². The number of phenolic OH excluding ortho intramolecular Hbond substituents is 2. The average molecular weight is 332 g/mol. The number of ether oxygens (including phenoxy) is 3. The molecule has 1 aliphatic heterocycles. The van der Waals surface area contributed by atoms with Crippen molar-refractivity contribution in [2.24, 2.45) is 0 Å². The first-order chi connectivity index (χ1) is 11.5. The number of fused-ring (bicyclic) bond motifs is 1. The summed E-state index contributed by atoms with van der Waals surface area (Å²) in [5, 5.41) is 29.8. The first kappa shape index (κ1) is 15.9. The van der Waals surface area contributed by atoms with E-state index in [4.69, 9.17) is 14.2 Å². The molecular weight excluding hydrogens is 316 g/mol. The van der Waals surface area contributed by atoms with E-state index in [0.29, 0.717) is 5.56 Å². The van der Waals surface area contributed by atoms with Crippen LogP contribution in [0.5, 0.6) is 28.7 Å². The van der Waals surface area contributed by atoms with Gasteiger partial charge in [0.25, 0.3) is 0 Å². The number of aliphatic hydroxyl groups excluding tert-OH is 1. The molecule has 0 aliphatic carbocycles. The van der Waals surface area contributed by atoms with Gasteiger partial charge in [-0.1, -0.05) is 12.1 Å². The summed E-state index contributed by atoms with van der Waals surface area (Å²) in [4.78, 5) is 12.6. The van der Waals surface area contributed by atoms with Crippen molar-refractivity contribution in [3.8, 4) is 28.7 Å². The average Bonchev–Trinajstić information content (AvgIpc) is 2.57. The van der Waals surface area contributed by atoms with Gasteiger partial charge >= 0.3 is 0 Å². The van der Waals surface area contributed by atoms with Crippen molar-refractivity contribution >= 4 is 5.78 Å². The van der Waals surface area contributed by atoms with E-state index in [0.717, 1.165) is 0 Å². The normalized spacial score (nSPS) is 19.4. The predicted octanol–water partition coefficient (Wildman–Crippen LogP) is 1.79. The van der Waals surface area contributed by atoms with Gasteiger partial charge in [-0.3, -0.25) is 4.79 Å². The fourth-order valence-electron chi connectivity index (χ4n) is 2.72. The van der Waals surface area contributed by atoms with Gasteiger partial charge in [-0.2, -0.15) is 0 Å². The number of benzene rings is 2. The highest BCUT2D eigenvalue weighted by Gasteiger charge is 2.40. The molecule has 7 nitrogen and oxygen atoms in total. The molecular formula is C17H16O7. The Morgan fingerprint density at radius 3 is 2.25 bits per heavy atom. The Labute approximate surface area is 137 Å². The van der Waals surface area contributed by atoms with Gasteiger partial charge in [-0.05, 0) is 17.7 Å². The lowest BCUT2D eigenvalue weighted by Crippen LogP contribution is -2.36. The van der Waals surface area contributed by atoms with Gasteiger partial charge < -0.3 is 29.5 Å². The summed E-state index contributed by atoms with van der Waals surface area (Å²) < 4.78 is 15.9. The lowest BCUT2D eigenvalue weighted by Gasteiger charge is -2.31. The van der Waals surface area contributed by atoms with E-state index in [-0.39, 0.29) is 34.3 Å². The maximum absolute atomic E-state index is 12.6. The molecule has 0 amide bonds. The topological polar surface area (TPSA) is 105 Å². The van der Waals surface area contributed by atoms with Gasteiger partial charge in [0.2, 0.25) is 11.5 Å². The smallest absolute Gasteiger partial charge is 0.204 e. The lowest BCUT2D eigenvalue weighted by atomic mass is 9.92. The molecule has 1 aliphatic rings. The molecule has 7 heteroatoms. The molecule has 0 unspecified atom stereocenters. The maximum atomic E-state index is 12.6. The molecule has 0 saturated heterocycles. The Hall–Kier alpha value is -2.93. The number of Topliss-reactive ketones (excluding diaryl/α,β-unsaturated/α-hetero) is 1. The molecule has 0 fully saturated rings. The molecule has 2 aromatic carbocycles. The van der Waals surface area contributed by atoms with Crippen LogP contribution in [-0.4, -0.2) is 41.4 Å². The highest BCUT2D eigenvalue weighted by Crippen LogP contribution is 2.48. The van der Waals surface area contributed by atoms with E-state index < -0.39 is 18.0 Å². The third-order valence-corrected chi connectivity index (χ3v) is 3.87. The summed E-state index contributed by atoms with van der Waals surface area (Å²) in [7, 11) is 2.65. The Kier molecular flexibility index (Phi) is 3.94. The highest BCUT2D eigenvalue weighted by molar-refractivity contribution is 6.06. The second-order valence-electron chi connectivity index (χ2n) is 5.27. The molecule has 0 saturated carbocycles. The Morgan fingerprint density at radius 1 is 1.04 bits per heavy atom. The Morgan fingerprint density at radius 2 is 1.67 bits per heavy atom. The van der Waals surface area contributed by atoms with Crippen LogP contribution in [0.1, 0.15) is 22.0 Å². The van der Waals surface area contributed by atoms with Crippen molar-refractivity contribution in [1.29, 1.82) is 0 Å². The highest BCUT2D eigenvalue weighted by atomic mass is 16.5. The maximum Gasteiger partial charge on any atom is 0.204 e. The Bertz CT molecular complexity index is 783. The molecule has 24 heavy (non-hydrogen) atoms. The van der Waals surface area contributed by atoms with E-state index in [9.17, 15) is 20.1 Å². The number of hydrogen-bond acceptors (Lipinski definition) is 7. The van der Waals surface area contributed by atoms with Crippen LogP contribution >= 0.6 is 0 Å². The van der Waals surface area contributed by atoms with Crippen LogP contribution in [-0.2, 0) is 0 Å². The second kappa shape index (κ2) is 5.93. The molecule has 3 N–H and O–H groups in total. The first-order valence-corrected chi connectivity index (χ1v) is 7.13. The summed E-state index contributed by atoms with van der Waals surface area (Å²) in [6.45, 7) is 0. The molecule has 0 aromatic heterocycles. The number of hydrogen-bond donors (Lipinski definition) is 3. The van der Waals surface area contributed by atoms with E-state index in [1.807, 2.05) is 0 Å². The molecule has 126 valence electrons. The van der Waals surface area contributed by atoms with Crippen molar-refractivity contribution in [1.82, 2.24) is 0 Å². The molecule has 0 bridgehead atoms. The molecule has 1 heterocycles. The Balaban J connectivity index is 2.12. The summed E-state index contributed by atoms with van der Waals surface area (Å²) in [6.07, 6.45) is -2.44. The van der Waals surface area contributed by atoms with E-state index in [1.54, 1.807) is 12.1 Å². The number of carbonyl (C=O) groups is 1. The fraction of sp³-hybridized carbons (Fsp3) is 0.235. The molecule has 3 rings (SSSR count).